The SMILES string of the molecule is COCCN(CC(C)C)C(=O)N1CCCCCC1. The molecule has 0 unspecified atom stereocenters. The highest BCUT2D eigenvalue weighted by Crippen LogP contribution is 2.12. The van der Waals surface area contributed by atoms with Gasteiger partial charge in [-0.3, -0.25) is 0 Å². The van der Waals surface area contributed by atoms with Gasteiger partial charge in [-0.15, -0.1) is 0 Å². The number of hydrogen-bond donors (Lipinski definition) is 0. The van der Waals surface area contributed by atoms with E-state index in [1.165, 1.54) is 12.8 Å². The lowest BCUT2D eigenvalue weighted by Crippen LogP contribution is -2.46. The predicted octanol–water partition coefficient (Wildman–Crippen LogP) is 2.59. The van der Waals surface area contributed by atoms with Crippen LogP contribution in [0.1, 0.15) is 39.5 Å². The molecule has 1 heterocycles. The number of carbonyl (C=O) groups is 1. The van der Waals surface area contributed by atoms with Crippen molar-refractivity contribution in [2.45, 2.75) is 39.5 Å². The third-order valence-electron chi connectivity index (χ3n) is 3.30. The van der Waals surface area contributed by atoms with Crippen molar-refractivity contribution < 1.29 is 9.53 Å². The van der Waals surface area contributed by atoms with E-state index in [0.717, 1.165) is 32.5 Å². The monoisotopic (exact) mass is 256 g/mol. The van der Waals surface area contributed by atoms with Crippen molar-refractivity contribution in [3.05, 3.63) is 0 Å². The summed E-state index contributed by atoms with van der Waals surface area (Å²) in [6.07, 6.45) is 4.80. The molecule has 1 rings (SSSR count). The van der Waals surface area contributed by atoms with Crippen LogP contribution in [0.25, 0.3) is 0 Å². The fourth-order valence-electron chi connectivity index (χ4n) is 2.37. The highest BCUT2D eigenvalue weighted by molar-refractivity contribution is 5.74. The van der Waals surface area contributed by atoms with E-state index in [0.29, 0.717) is 19.1 Å². The molecule has 1 saturated heterocycles. The van der Waals surface area contributed by atoms with Crippen molar-refractivity contribution in [2.75, 3.05) is 39.9 Å². The molecule has 0 aliphatic carbocycles. The highest BCUT2D eigenvalue weighted by atomic mass is 16.5. The smallest absolute Gasteiger partial charge is 0.320 e. The van der Waals surface area contributed by atoms with Crippen LogP contribution in [0.4, 0.5) is 4.79 Å². The number of hydrogen-bond acceptors (Lipinski definition) is 2. The largest absolute Gasteiger partial charge is 0.383 e. The molecular weight excluding hydrogens is 228 g/mol. The molecule has 0 N–H and O–H groups in total. The Balaban J connectivity index is 2.54. The molecule has 1 aliphatic rings. The van der Waals surface area contributed by atoms with Gasteiger partial charge >= 0.3 is 6.03 Å². The summed E-state index contributed by atoms with van der Waals surface area (Å²) in [6, 6.07) is 0.197. The zero-order valence-corrected chi connectivity index (χ0v) is 12.2. The normalized spacial score (nSPS) is 16.8. The van der Waals surface area contributed by atoms with Gasteiger partial charge < -0.3 is 14.5 Å². The van der Waals surface area contributed by atoms with Crippen LogP contribution in [0.3, 0.4) is 0 Å². The summed E-state index contributed by atoms with van der Waals surface area (Å²) < 4.78 is 5.10. The molecule has 0 saturated carbocycles. The molecule has 1 fully saturated rings. The number of urea groups is 1. The maximum absolute atomic E-state index is 12.5. The van der Waals surface area contributed by atoms with Crippen LogP contribution in [0.2, 0.25) is 0 Å². The first-order chi connectivity index (χ1) is 8.65. The Bertz CT molecular complexity index is 236. The number of ether oxygens (including phenoxy) is 1. The van der Waals surface area contributed by atoms with Gasteiger partial charge in [0.2, 0.25) is 0 Å². The van der Waals surface area contributed by atoms with Crippen LogP contribution in [-0.2, 0) is 4.74 Å². The third-order valence-corrected chi connectivity index (χ3v) is 3.30. The maximum atomic E-state index is 12.5. The lowest BCUT2D eigenvalue weighted by molar-refractivity contribution is 0.120. The molecule has 0 spiro atoms. The first-order valence-corrected chi connectivity index (χ1v) is 7.18. The molecule has 0 aromatic carbocycles. The predicted molar refractivity (Wildman–Crippen MR) is 73.7 cm³/mol. The van der Waals surface area contributed by atoms with Crippen LogP contribution in [0.15, 0.2) is 0 Å². The number of amides is 2. The Morgan fingerprint density at radius 2 is 1.83 bits per heavy atom. The molecular formula is C14H28N2O2. The van der Waals surface area contributed by atoms with Gasteiger partial charge in [-0.1, -0.05) is 26.7 Å². The molecule has 2 amide bonds. The van der Waals surface area contributed by atoms with Gasteiger partial charge in [-0.2, -0.15) is 0 Å². The van der Waals surface area contributed by atoms with Crippen molar-refractivity contribution in [3.63, 3.8) is 0 Å². The molecule has 18 heavy (non-hydrogen) atoms. The first kappa shape index (κ1) is 15.3. The summed E-state index contributed by atoms with van der Waals surface area (Å²) in [5.41, 5.74) is 0. The lowest BCUT2D eigenvalue weighted by atomic mass is 10.2. The van der Waals surface area contributed by atoms with Gasteiger partial charge in [-0.05, 0) is 18.8 Å². The van der Waals surface area contributed by atoms with Crippen LogP contribution >= 0.6 is 0 Å². The van der Waals surface area contributed by atoms with E-state index in [2.05, 4.69) is 13.8 Å². The summed E-state index contributed by atoms with van der Waals surface area (Å²) in [5.74, 6) is 0.498. The minimum atomic E-state index is 0.197. The Morgan fingerprint density at radius 3 is 2.33 bits per heavy atom. The maximum Gasteiger partial charge on any atom is 0.320 e. The Kier molecular flexibility index (Phi) is 7.09. The highest BCUT2D eigenvalue weighted by Gasteiger charge is 2.22. The molecule has 4 nitrogen and oxygen atoms in total. The van der Waals surface area contributed by atoms with E-state index in [1.807, 2.05) is 9.80 Å². The number of likely N-dealkylation sites (tertiary alicyclic amines) is 1. The van der Waals surface area contributed by atoms with Crippen molar-refractivity contribution in [2.24, 2.45) is 5.92 Å². The topological polar surface area (TPSA) is 32.8 Å². The molecule has 0 radical (unpaired) electrons. The summed E-state index contributed by atoms with van der Waals surface area (Å²) >= 11 is 0. The van der Waals surface area contributed by atoms with E-state index < -0.39 is 0 Å². The molecule has 106 valence electrons. The van der Waals surface area contributed by atoms with E-state index >= 15 is 0 Å². The fourth-order valence-corrected chi connectivity index (χ4v) is 2.37. The van der Waals surface area contributed by atoms with Crippen molar-refractivity contribution in [3.8, 4) is 0 Å². The Morgan fingerprint density at radius 1 is 1.22 bits per heavy atom. The Hall–Kier alpha value is -0.770. The average Bonchev–Trinajstić information content (AvgIpc) is 2.61. The van der Waals surface area contributed by atoms with Gasteiger partial charge in [0.1, 0.15) is 0 Å². The average molecular weight is 256 g/mol. The van der Waals surface area contributed by atoms with Crippen LogP contribution in [0, 0.1) is 5.92 Å². The van der Waals surface area contributed by atoms with E-state index in [-0.39, 0.29) is 6.03 Å². The number of methoxy groups -OCH3 is 1. The zero-order valence-electron chi connectivity index (χ0n) is 12.2. The number of nitrogens with zero attached hydrogens (tertiary/aromatic N) is 2. The second kappa shape index (κ2) is 8.35. The second-order valence-corrected chi connectivity index (χ2v) is 5.52. The summed E-state index contributed by atoms with van der Waals surface area (Å²) in [7, 11) is 1.68. The second-order valence-electron chi connectivity index (χ2n) is 5.52. The molecule has 0 bridgehead atoms. The first-order valence-electron chi connectivity index (χ1n) is 7.18. The number of rotatable bonds is 5. The molecule has 0 aromatic heterocycles. The van der Waals surface area contributed by atoms with Gasteiger partial charge in [0.25, 0.3) is 0 Å². The number of carbonyl (C=O) groups excluding carboxylic acids is 1. The quantitative estimate of drug-likeness (QED) is 0.757. The van der Waals surface area contributed by atoms with Gasteiger partial charge in [0.05, 0.1) is 6.61 Å². The standard InChI is InChI=1S/C14H28N2O2/c1-13(2)12-16(10-11-18-3)14(17)15-8-6-4-5-7-9-15/h13H,4-12H2,1-3H3. The minimum Gasteiger partial charge on any atom is -0.383 e. The van der Waals surface area contributed by atoms with Crippen molar-refractivity contribution in [1.29, 1.82) is 0 Å². The van der Waals surface area contributed by atoms with Gasteiger partial charge in [-0.25, -0.2) is 4.79 Å². The minimum absolute atomic E-state index is 0.197. The molecule has 1 aliphatic heterocycles. The fraction of sp³-hybridized carbons (Fsp3) is 0.929. The summed E-state index contributed by atoms with van der Waals surface area (Å²) in [6.45, 7) is 8.26. The van der Waals surface area contributed by atoms with Crippen LogP contribution < -0.4 is 0 Å². The van der Waals surface area contributed by atoms with Crippen LogP contribution in [0.5, 0.6) is 0 Å². The summed E-state index contributed by atoms with van der Waals surface area (Å²) in [5, 5.41) is 0. The third kappa shape index (κ3) is 5.25. The van der Waals surface area contributed by atoms with Gasteiger partial charge in [0, 0.05) is 33.3 Å². The van der Waals surface area contributed by atoms with E-state index in [1.54, 1.807) is 7.11 Å². The Labute approximate surface area is 111 Å². The van der Waals surface area contributed by atoms with Crippen molar-refractivity contribution in [1.82, 2.24) is 9.80 Å². The van der Waals surface area contributed by atoms with E-state index in [9.17, 15) is 4.79 Å². The molecule has 0 aromatic rings. The van der Waals surface area contributed by atoms with Crippen molar-refractivity contribution >= 4 is 6.03 Å². The van der Waals surface area contributed by atoms with Gasteiger partial charge in [0.15, 0.2) is 0 Å². The molecule has 0 atom stereocenters. The van der Waals surface area contributed by atoms with E-state index in [4.69, 9.17) is 4.74 Å². The summed E-state index contributed by atoms with van der Waals surface area (Å²) in [4.78, 5) is 16.5. The van der Waals surface area contributed by atoms with Crippen LogP contribution in [-0.4, -0.2) is 55.7 Å². The molecule has 4 heteroatoms. The zero-order chi connectivity index (χ0) is 13.4. The lowest BCUT2D eigenvalue weighted by Gasteiger charge is -2.31.